The van der Waals surface area contributed by atoms with Gasteiger partial charge in [0.2, 0.25) is 0 Å². The fourth-order valence-corrected chi connectivity index (χ4v) is 5.12. The minimum atomic E-state index is -0.642. The predicted molar refractivity (Wildman–Crippen MR) is 124 cm³/mol. The lowest BCUT2D eigenvalue weighted by Crippen LogP contribution is -2.50. The number of benzene rings is 2. The molecule has 2 aliphatic rings. The molecule has 2 saturated heterocycles. The van der Waals surface area contributed by atoms with Crippen molar-refractivity contribution >= 4 is 17.3 Å². The fraction of sp³-hybridized carbons (Fsp3) is 0.296. The van der Waals surface area contributed by atoms with Gasteiger partial charge in [0.25, 0.3) is 0 Å². The Balaban J connectivity index is 1.66. The maximum atomic E-state index is 14.0. The van der Waals surface area contributed by atoms with Gasteiger partial charge in [0.15, 0.2) is 17.3 Å². The van der Waals surface area contributed by atoms with Crippen molar-refractivity contribution < 1.29 is 14.4 Å². The molecule has 0 bridgehead atoms. The molecule has 2 aromatic carbocycles. The Morgan fingerprint density at radius 1 is 0.688 bits per heavy atom. The summed E-state index contributed by atoms with van der Waals surface area (Å²) in [5.41, 5.74) is 1.20. The predicted octanol–water partition coefficient (Wildman–Crippen LogP) is 3.99. The van der Waals surface area contributed by atoms with Gasteiger partial charge in [0.1, 0.15) is 0 Å². The second-order valence-electron chi connectivity index (χ2n) is 8.38. The summed E-state index contributed by atoms with van der Waals surface area (Å²) in [4.78, 5) is 44.3. The lowest BCUT2D eigenvalue weighted by Gasteiger charge is -2.32. The second-order valence-corrected chi connectivity index (χ2v) is 8.38. The minimum absolute atomic E-state index is 0.0395. The van der Waals surface area contributed by atoms with E-state index < -0.39 is 23.9 Å². The van der Waals surface area contributed by atoms with E-state index >= 15 is 0 Å². The molecule has 0 aromatic heterocycles. The molecule has 5 heteroatoms. The Bertz CT molecular complexity index is 936. The number of nitrogens with zero attached hydrogens (tertiary/aromatic N) is 2. The highest BCUT2D eigenvalue weighted by molar-refractivity contribution is 6.06. The van der Waals surface area contributed by atoms with Crippen molar-refractivity contribution in [3.05, 3.63) is 97.3 Å². The van der Waals surface area contributed by atoms with E-state index in [0.717, 1.165) is 0 Å². The molecule has 4 unspecified atom stereocenters. The number of rotatable bonds is 8. The van der Waals surface area contributed by atoms with Gasteiger partial charge < -0.3 is 9.80 Å². The van der Waals surface area contributed by atoms with Gasteiger partial charge in [-0.2, -0.15) is 0 Å². The third-order valence-electron chi connectivity index (χ3n) is 6.72. The first kappa shape index (κ1) is 21.8. The van der Waals surface area contributed by atoms with Crippen LogP contribution in [0.2, 0.25) is 0 Å². The van der Waals surface area contributed by atoms with Crippen molar-refractivity contribution in [3.8, 4) is 0 Å². The normalized spacial score (nSPS) is 24.9. The van der Waals surface area contributed by atoms with Gasteiger partial charge in [-0.25, -0.2) is 0 Å². The SMILES string of the molecule is C=CN1CCC(C(=O)c2ccccc2)C1C(=O)C1C(C(=O)c2ccccc2)CCN1C=C. The molecule has 0 aliphatic carbocycles. The molecule has 0 spiro atoms. The lowest BCUT2D eigenvalue weighted by atomic mass is 9.81. The number of Topliss-reactive ketones (excluding diaryl/α,β-unsaturated/α-hetero) is 3. The van der Waals surface area contributed by atoms with Crippen LogP contribution < -0.4 is 0 Å². The molecule has 0 N–H and O–H groups in total. The van der Waals surface area contributed by atoms with Crippen molar-refractivity contribution in [1.82, 2.24) is 9.80 Å². The van der Waals surface area contributed by atoms with E-state index in [4.69, 9.17) is 0 Å². The molecule has 0 amide bonds. The Hall–Kier alpha value is -3.47. The Morgan fingerprint density at radius 3 is 1.41 bits per heavy atom. The van der Waals surface area contributed by atoms with Gasteiger partial charge in [0.05, 0.1) is 23.9 Å². The van der Waals surface area contributed by atoms with E-state index in [1.165, 1.54) is 0 Å². The number of ketones is 3. The zero-order chi connectivity index (χ0) is 22.7. The number of likely N-dealkylation sites (tertiary alicyclic amines) is 2. The molecule has 164 valence electrons. The summed E-state index contributed by atoms with van der Waals surface area (Å²) >= 11 is 0. The van der Waals surface area contributed by atoms with Crippen LogP contribution in [0, 0.1) is 11.8 Å². The first-order chi connectivity index (χ1) is 15.6. The van der Waals surface area contributed by atoms with E-state index in [9.17, 15) is 14.4 Å². The maximum absolute atomic E-state index is 14.0. The van der Waals surface area contributed by atoms with E-state index in [0.29, 0.717) is 37.1 Å². The molecule has 0 radical (unpaired) electrons. The quantitative estimate of drug-likeness (QED) is 0.595. The molecule has 2 aromatic rings. The van der Waals surface area contributed by atoms with Crippen molar-refractivity contribution in [3.63, 3.8) is 0 Å². The minimum Gasteiger partial charge on any atom is -0.367 e. The fourth-order valence-electron chi connectivity index (χ4n) is 5.12. The molecule has 32 heavy (non-hydrogen) atoms. The van der Waals surface area contributed by atoms with Gasteiger partial charge in [-0.15, -0.1) is 0 Å². The van der Waals surface area contributed by atoms with Crippen LogP contribution in [0.4, 0.5) is 0 Å². The molecule has 0 saturated carbocycles. The highest BCUT2D eigenvalue weighted by Crippen LogP contribution is 2.35. The summed E-state index contributed by atoms with van der Waals surface area (Å²) in [6.07, 6.45) is 4.44. The molecule has 4 atom stereocenters. The molecule has 2 heterocycles. The Kier molecular flexibility index (Phi) is 6.35. The summed E-state index contributed by atoms with van der Waals surface area (Å²) in [6.45, 7) is 8.91. The highest BCUT2D eigenvalue weighted by Gasteiger charge is 2.50. The Morgan fingerprint density at radius 2 is 1.06 bits per heavy atom. The summed E-state index contributed by atoms with van der Waals surface area (Å²) in [5, 5.41) is 0. The zero-order valence-electron chi connectivity index (χ0n) is 18.1. The van der Waals surface area contributed by atoms with Crippen LogP contribution in [-0.2, 0) is 4.79 Å². The van der Waals surface area contributed by atoms with Crippen LogP contribution in [0.1, 0.15) is 33.6 Å². The second kappa shape index (κ2) is 9.35. The van der Waals surface area contributed by atoms with Crippen molar-refractivity contribution in [1.29, 1.82) is 0 Å². The largest absolute Gasteiger partial charge is 0.367 e. The number of hydrogen-bond donors (Lipinski definition) is 0. The summed E-state index contributed by atoms with van der Waals surface area (Å²) in [5.74, 6) is -1.13. The smallest absolute Gasteiger partial charge is 0.178 e. The first-order valence-corrected chi connectivity index (χ1v) is 11.1. The highest BCUT2D eigenvalue weighted by atomic mass is 16.1. The van der Waals surface area contributed by atoms with Gasteiger partial charge in [-0.3, -0.25) is 14.4 Å². The van der Waals surface area contributed by atoms with Gasteiger partial charge in [0, 0.05) is 24.2 Å². The Labute approximate surface area is 189 Å². The lowest BCUT2D eigenvalue weighted by molar-refractivity contribution is -0.127. The zero-order valence-corrected chi connectivity index (χ0v) is 18.1. The van der Waals surface area contributed by atoms with E-state index in [-0.39, 0.29) is 17.3 Å². The average Bonchev–Trinajstić information content (AvgIpc) is 3.48. The molecule has 2 aliphatic heterocycles. The van der Waals surface area contributed by atoms with Crippen molar-refractivity contribution in [2.24, 2.45) is 11.8 Å². The van der Waals surface area contributed by atoms with E-state index in [1.54, 1.807) is 36.7 Å². The molecule has 5 nitrogen and oxygen atoms in total. The number of hydrogen-bond acceptors (Lipinski definition) is 5. The van der Waals surface area contributed by atoms with Crippen LogP contribution in [0.5, 0.6) is 0 Å². The topological polar surface area (TPSA) is 57.7 Å². The standard InChI is InChI=1S/C27H28N2O3/c1-3-28-17-15-21(25(30)19-11-7-5-8-12-19)23(28)27(32)24-22(16-18-29(24)4-2)26(31)20-13-9-6-10-14-20/h3-14,21-24H,1-2,15-18H2. The molecule has 4 rings (SSSR count). The first-order valence-electron chi connectivity index (χ1n) is 11.1. The van der Waals surface area contributed by atoms with Crippen LogP contribution >= 0.6 is 0 Å². The van der Waals surface area contributed by atoms with Crippen molar-refractivity contribution in [2.75, 3.05) is 13.1 Å². The summed E-state index contributed by atoms with van der Waals surface area (Å²) < 4.78 is 0. The van der Waals surface area contributed by atoms with E-state index in [1.807, 2.05) is 46.2 Å². The van der Waals surface area contributed by atoms with Crippen molar-refractivity contribution in [2.45, 2.75) is 24.9 Å². The number of carbonyl (C=O) groups excluding carboxylic acids is 3. The molecule has 2 fully saturated rings. The van der Waals surface area contributed by atoms with Crippen LogP contribution in [0.3, 0.4) is 0 Å². The maximum Gasteiger partial charge on any atom is 0.178 e. The summed E-state index contributed by atoms with van der Waals surface area (Å²) in [7, 11) is 0. The monoisotopic (exact) mass is 428 g/mol. The third-order valence-corrected chi connectivity index (χ3v) is 6.72. The molecular weight excluding hydrogens is 400 g/mol. The summed E-state index contributed by atoms with van der Waals surface area (Å²) in [6, 6.07) is 16.9. The van der Waals surface area contributed by atoms with Gasteiger partial charge >= 0.3 is 0 Å². The number of carbonyl (C=O) groups is 3. The molecular formula is C27H28N2O3. The average molecular weight is 429 g/mol. The van der Waals surface area contributed by atoms with E-state index in [2.05, 4.69) is 13.2 Å². The van der Waals surface area contributed by atoms with Gasteiger partial charge in [-0.05, 0) is 25.2 Å². The van der Waals surface area contributed by atoms with Crippen LogP contribution in [0.15, 0.2) is 86.2 Å². The third kappa shape index (κ3) is 3.91. The van der Waals surface area contributed by atoms with Crippen LogP contribution in [-0.4, -0.2) is 52.3 Å². The van der Waals surface area contributed by atoms with Gasteiger partial charge in [-0.1, -0.05) is 73.8 Å². The van der Waals surface area contributed by atoms with Crippen LogP contribution in [0.25, 0.3) is 0 Å².